The van der Waals surface area contributed by atoms with Crippen LogP contribution in [0.1, 0.15) is 16.7 Å². The molecule has 21 heavy (non-hydrogen) atoms. The van der Waals surface area contributed by atoms with Crippen LogP contribution in [0.3, 0.4) is 0 Å². The van der Waals surface area contributed by atoms with Crippen molar-refractivity contribution in [3.05, 3.63) is 28.8 Å². The number of nitrogens with one attached hydrogen (secondary N) is 1. The zero-order valence-electron chi connectivity index (χ0n) is 12.6. The van der Waals surface area contributed by atoms with Crippen molar-refractivity contribution in [2.75, 3.05) is 25.0 Å². The van der Waals surface area contributed by atoms with Crippen LogP contribution < -0.4 is 5.32 Å². The highest BCUT2D eigenvalue weighted by Gasteiger charge is 2.14. The Kier molecular flexibility index (Phi) is 5.94. The second-order valence-electron chi connectivity index (χ2n) is 5.06. The molecule has 5 heteroatoms. The second-order valence-corrected chi connectivity index (χ2v) is 5.06. The molecule has 0 radical (unpaired) electrons. The van der Waals surface area contributed by atoms with E-state index < -0.39 is 5.97 Å². The average molecular weight is 288 g/mol. The van der Waals surface area contributed by atoms with Crippen molar-refractivity contribution in [2.24, 2.45) is 0 Å². The van der Waals surface area contributed by atoms with Crippen LogP contribution in [0.2, 0.25) is 0 Å². The molecule has 0 aromatic heterocycles. The molecule has 112 valence electrons. The lowest BCUT2D eigenvalue weighted by Crippen LogP contribution is -2.37. The summed E-state index contributed by atoms with van der Waals surface area (Å²) in [7, 11) is 0. The number of anilines is 1. The Balaban J connectivity index is 2.77. The number of nitrogens with zero attached hydrogens (tertiary/aromatic N) is 1. The van der Waals surface area contributed by atoms with E-state index in [1.807, 2.05) is 32.9 Å². The van der Waals surface area contributed by atoms with Gasteiger partial charge < -0.3 is 10.4 Å². The number of amides is 1. The Hall–Kier alpha value is -2.32. The number of rotatable bonds is 6. The molecule has 1 amide bonds. The molecule has 0 unspecified atom stereocenters. The number of hydrogen-bond acceptors (Lipinski definition) is 3. The summed E-state index contributed by atoms with van der Waals surface area (Å²) >= 11 is 0. The fraction of sp³-hybridized carbons (Fsp3) is 0.375. The summed E-state index contributed by atoms with van der Waals surface area (Å²) in [5.74, 6) is 1.07. The Morgan fingerprint density at radius 3 is 2.29 bits per heavy atom. The highest BCUT2D eigenvalue weighted by Crippen LogP contribution is 2.21. The quantitative estimate of drug-likeness (QED) is 0.780. The predicted molar refractivity (Wildman–Crippen MR) is 82.2 cm³/mol. The van der Waals surface area contributed by atoms with E-state index in [1.165, 1.54) is 4.90 Å². The number of carbonyl (C=O) groups is 2. The van der Waals surface area contributed by atoms with E-state index in [-0.39, 0.29) is 25.5 Å². The van der Waals surface area contributed by atoms with Gasteiger partial charge in [0.1, 0.15) is 0 Å². The van der Waals surface area contributed by atoms with Crippen molar-refractivity contribution < 1.29 is 14.7 Å². The van der Waals surface area contributed by atoms with E-state index in [0.29, 0.717) is 0 Å². The number of carboxylic acid groups (broad SMARTS) is 1. The summed E-state index contributed by atoms with van der Waals surface area (Å²) in [4.78, 5) is 24.2. The van der Waals surface area contributed by atoms with Crippen LogP contribution in [0.4, 0.5) is 5.69 Å². The monoisotopic (exact) mass is 288 g/mol. The summed E-state index contributed by atoms with van der Waals surface area (Å²) in [6.45, 7) is 5.64. The van der Waals surface area contributed by atoms with Crippen LogP contribution in [0, 0.1) is 33.1 Å². The van der Waals surface area contributed by atoms with Gasteiger partial charge in [0, 0.05) is 5.69 Å². The third-order valence-corrected chi connectivity index (χ3v) is 2.98. The molecular weight excluding hydrogens is 268 g/mol. The standard InChI is InChI=1S/C16H20N2O3/c1-5-6-18(10-15(20)21)9-14(19)17-16-12(3)7-11(2)8-13(16)4/h1,7-8H,6,9-10H2,2-4H3,(H,17,19)(H,20,21). The highest BCUT2D eigenvalue weighted by atomic mass is 16.4. The third-order valence-electron chi connectivity index (χ3n) is 2.98. The summed E-state index contributed by atoms with van der Waals surface area (Å²) in [5, 5.41) is 11.6. The molecule has 0 spiro atoms. The smallest absolute Gasteiger partial charge is 0.317 e. The normalized spacial score (nSPS) is 10.2. The molecule has 2 N–H and O–H groups in total. The Bertz CT molecular complexity index is 565. The van der Waals surface area contributed by atoms with Gasteiger partial charge in [-0.25, -0.2) is 0 Å². The molecule has 0 aliphatic heterocycles. The minimum Gasteiger partial charge on any atom is -0.480 e. The lowest BCUT2D eigenvalue weighted by Gasteiger charge is -2.18. The van der Waals surface area contributed by atoms with Crippen LogP contribution >= 0.6 is 0 Å². The Labute approximate surface area is 125 Å². The number of terminal acetylenes is 1. The molecule has 5 nitrogen and oxygen atoms in total. The molecule has 0 fully saturated rings. The fourth-order valence-electron chi connectivity index (χ4n) is 2.25. The van der Waals surface area contributed by atoms with Crippen molar-refractivity contribution in [3.8, 4) is 12.3 Å². The van der Waals surface area contributed by atoms with Gasteiger partial charge in [-0.15, -0.1) is 6.42 Å². The van der Waals surface area contributed by atoms with Gasteiger partial charge in [-0.3, -0.25) is 14.5 Å². The van der Waals surface area contributed by atoms with Gasteiger partial charge in [-0.1, -0.05) is 23.6 Å². The number of benzene rings is 1. The molecule has 0 saturated carbocycles. The second kappa shape index (κ2) is 7.46. The topological polar surface area (TPSA) is 69.6 Å². The summed E-state index contributed by atoms with van der Waals surface area (Å²) in [6.07, 6.45) is 5.18. The van der Waals surface area contributed by atoms with Crippen molar-refractivity contribution in [1.82, 2.24) is 4.90 Å². The van der Waals surface area contributed by atoms with Gasteiger partial charge in [0.05, 0.1) is 19.6 Å². The third kappa shape index (κ3) is 5.28. The summed E-state index contributed by atoms with van der Waals surface area (Å²) in [5.41, 5.74) is 3.84. The summed E-state index contributed by atoms with van der Waals surface area (Å²) < 4.78 is 0. The summed E-state index contributed by atoms with van der Waals surface area (Å²) in [6, 6.07) is 3.97. The molecule has 1 aromatic carbocycles. The van der Waals surface area contributed by atoms with E-state index in [9.17, 15) is 9.59 Å². The van der Waals surface area contributed by atoms with E-state index in [0.717, 1.165) is 22.4 Å². The number of carbonyl (C=O) groups excluding carboxylic acids is 1. The number of aryl methyl sites for hydroxylation is 3. The lowest BCUT2D eigenvalue weighted by molar-refractivity contribution is -0.138. The van der Waals surface area contributed by atoms with Gasteiger partial charge in [0.25, 0.3) is 0 Å². The highest BCUT2D eigenvalue weighted by molar-refractivity contribution is 5.94. The van der Waals surface area contributed by atoms with Crippen LogP contribution in [0.25, 0.3) is 0 Å². The fourth-order valence-corrected chi connectivity index (χ4v) is 2.25. The maximum atomic E-state index is 12.1. The minimum absolute atomic E-state index is 0.0523. The molecule has 0 heterocycles. The van der Waals surface area contributed by atoms with Crippen molar-refractivity contribution in [1.29, 1.82) is 0 Å². The number of aliphatic carboxylic acids is 1. The first-order chi connectivity index (χ1) is 9.83. The predicted octanol–water partition coefficient (Wildman–Crippen LogP) is 1.57. The van der Waals surface area contributed by atoms with E-state index in [2.05, 4.69) is 11.2 Å². The van der Waals surface area contributed by atoms with Crippen LogP contribution in [0.5, 0.6) is 0 Å². The first-order valence-corrected chi connectivity index (χ1v) is 6.58. The first kappa shape index (κ1) is 16.7. The van der Waals surface area contributed by atoms with Gasteiger partial charge in [-0.05, 0) is 31.9 Å². The number of hydrogen-bond donors (Lipinski definition) is 2. The minimum atomic E-state index is -1.01. The van der Waals surface area contributed by atoms with Crippen LogP contribution in [0.15, 0.2) is 12.1 Å². The molecule has 0 bridgehead atoms. The molecule has 0 saturated heterocycles. The molecular formula is C16H20N2O3. The van der Waals surface area contributed by atoms with E-state index >= 15 is 0 Å². The molecule has 1 aromatic rings. The van der Waals surface area contributed by atoms with E-state index in [1.54, 1.807) is 0 Å². The van der Waals surface area contributed by atoms with Crippen molar-refractivity contribution >= 4 is 17.6 Å². The average Bonchev–Trinajstić information content (AvgIpc) is 2.33. The van der Waals surface area contributed by atoms with Gasteiger partial charge in [-0.2, -0.15) is 0 Å². The molecule has 1 rings (SSSR count). The van der Waals surface area contributed by atoms with Crippen molar-refractivity contribution in [2.45, 2.75) is 20.8 Å². The van der Waals surface area contributed by atoms with Gasteiger partial charge in [0.2, 0.25) is 5.91 Å². The Morgan fingerprint density at radius 2 is 1.81 bits per heavy atom. The zero-order chi connectivity index (χ0) is 16.0. The van der Waals surface area contributed by atoms with Crippen LogP contribution in [-0.2, 0) is 9.59 Å². The maximum Gasteiger partial charge on any atom is 0.317 e. The van der Waals surface area contributed by atoms with Crippen molar-refractivity contribution in [3.63, 3.8) is 0 Å². The molecule has 0 atom stereocenters. The van der Waals surface area contributed by atoms with Gasteiger partial charge in [0.15, 0.2) is 0 Å². The maximum absolute atomic E-state index is 12.1. The zero-order valence-corrected chi connectivity index (χ0v) is 12.6. The largest absolute Gasteiger partial charge is 0.480 e. The van der Waals surface area contributed by atoms with Gasteiger partial charge >= 0.3 is 5.97 Å². The van der Waals surface area contributed by atoms with E-state index in [4.69, 9.17) is 11.5 Å². The molecule has 0 aliphatic rings. The number of carboxylic acids is 1. The first-order valence-electron chi connectivity index (χ1n) is 6.58. The SMILES string of the molecule is C#CCN(CC(=O)O)CC(=O)Nc1c(C)cc(C)cc1C. The van der Waals surface area contributed by atoms with Crippen LogP contribution in [-0.4, -0.2) is 41.5 Å². The molecule has 0 aliphatic carbocycles. The Morgan fingerprint density at radius 1 is 1.24 bits per heavy atom. The lowest BCUT2D eigenvalue weighted by atomic mass is 10.1.